The summed E-state index contributed by atoms with van der Waals surface area (Å²) >= 11 is 1.57. The highest BCUT2D eigenvalue weighted by Crippen LogP contribution is 2.33. The number of benzene rings is 2. The van der Waals surface area contributed by atoms with Crippen molar-refractivity contribution >= 4 is 43.6 Å². The molecule has 1 fully saturated rings. The number of fused-ring (bicyclic) bond motifs is 2. The van der Waals surface area contributed by atoms with Crippen LogP contribution < -0.4 is 4.90 Å². The number of carbonyl (C=O) groups excluding carboxylic acids is 1. The molecule has 0 radical (unpaired) electrons. The maximum absolute atomic E-state index is 13.7. The molecule has 1 aliphatic heterocycles. The Bertz CT molecular complexity index is 1260. The summed E-state index contributed by atoms with van der Waals surface area (Å²) in [7, 11) is 0. The largest absolute Gasteiger partial charge is 0.379 e. The van der Waals surface area contributed by atoms with Gasteiger partial charge in [0, 0.05) is 26.2 Å². The fourth-order valence-electron chi connectivity index (χ4n) is 4.12. The van der Waals surface area contributed by atoms with E-state index in [0.29, 0.717) is 22.9 Å². The molecular weight excluding hydrogens is 434 g/mol. The Morgan fingerprint density at radius 1 is 1.06 bits per heavy atom. The van der Waals surface area contributed by atoms with Crippen LogP contribution in [0.1, 0.15) is 28.0 Å². The molecule has 2 aromatic heterocycles. The van der Waals surface area contributed by atoms with Gasteiger partial charge in [0.15, 0.2) is 5.13 Å². The van der Waals surface area contributed by atoms with Crippen LogP contribution in [-0.4, -0.2) is 65.2 Å². The number of carbonyl (C=O) groups is 1. The van der Waals surface area contributed by atoms with Gasteiger partial charge in [0.1, 0.15) is 5.69 Å². The van der Waals surface area contributed by atoms with Gasteiger partial charge in [-0.15, -0.1) is 0 Å². The highest BCUT2D eigenvalue weighted by Gasteiger charge is 2.24. The topological polar surface area (TPSA) is 71.5 Å². The second-order valence-corrected chi connectivity index (χ2v) is 9.36. The van der Waals surface area contributed by atoms with Crippen molar-refractivity contribution in [3.63, 3.8) is 0 Å². The fourth-order valence-corrected chi connectivity index (χ4v) is 5.26. The highest BCUT2D eigenvalue weighted by atomic mass is 32.1. The zero-order valence-electron chi connectivity index (χ0n) is 19.0. The third kappa shape index (κ3) is 4.59. The number of aromatic nitrogens is 3. The number of hydrogen-bond donors (Lipinski definition) is 0. The standard InChI is InChI=1S/C25H27N5O2S/c1-17-8-9-18(2)23-22(17)28-25(33-23)30(11-5-10-29-12-14-32-15-13-29)24(31)21-16-26-19-6-3-4-7-20(19)27-21/h3-4,6-9,16H,5,10-15H2,1-2H3. The summed E-state index contributed by atoms with van der Waals surface area (Å²) < 4.78 is 6.58. The van der Waals surface area contributed by atoms with Gasteiger partial charge in [-0.2, -0.15) is 0 Å². The number of amides is 1. The molecule has 5 rings (SSSR count). The first-order valence-electron chi connectivity index (χ1n) is 11.3. The lowest BCUT2D eigenvalue weighted by atomic mass is 10.1. The summed E-state index contributed by atoms with van der Waals surface area (Å²) in [5.41, 5.74) is 5.08. The van der Waals surface area contributed by atoms with Crippen molar-refractivity contribution in [2.45, 2.75) is 20.3 Å². The van der Waals surface area contributed by atoms with Crippen molar-refractivity contribution in [3.8, 4) is 0 Å². The zero-order valence-corrected chi connectivity index (χ0v) is 19.8. The van der Waals surface area contributed by atoms with Gasteiger partial charge in [0.2, 0.25) is 0 Å². The predicted molar refractivity (Wildman–Crippen MR) is 132 cm³/mol. The highest BCUT2D eigenvalue weighted by molar-refractivity contribution is 7.22. The number of morpholine rings is 1. The minimum atomic E-state index is -0.162. The first kappa shape index (κ1) is 21.9. The monoisotopic (exact) mass is 461 g/mol. The van der Waals surface area contributed by atoms with Crippen LogP contribution in [0.25, 0.3) is 21.3 Å². The lowest BCUT2D eigenvalue weighted by molar-refractivity contribution is 0.0376. The molecule has 1 aliphatic rings. The summed E-state index contributed by atoms with van der Waals surface area (Å²) in [6, 6.07) is 11.8. The van der Waals surface area contributed by atoms with E-state index >= 15 is 0 Å². The second kappa shape index (κ2) is 9.51. The van der Waals surface area contributed by atoms with Gasteiger partial charge in [0.05, 0.1) is 40.7 Å². The van der Waals surface area contributed by atoms with Crippen LogP contribution in [0.3, 0.4) is 0 Å². The molecule has 2 aromatic carbocycles. The molecule has 1 saturated heterocycles. The zero-order chi connectivity index (χ0) is 22.8. The molecule has 33 heavy (non-hydrogen) atoms. The van der Waals surface area contributed by atoms with E-state index in [-0.39, 0.29) is 5.91 Å². The van der Waals surface area contributed by atoms with E-state index in [4.69, 9.17) is 9.72 Å². The van der Waals surface area contributed by atoms with Gasteiger partial charge in [-0.3, -0.25) is 19.6 Å². The average molecular weight is 462 g/mol. The molecule has 170 valence electrons. The number of anilines is 1. The van der Waals surface area contributed by atoms with E-state index in [1.54, 1.807) is 22.4 Å². The molecule has 0 spiro atoms. The van der Waals surface area contributed by atoms with Gasteiger partial charge in [-0.05, 0) is 43.5 Å². The van der Waals surface area contributed by atoms with Crippen molar-refractivity contribution in [2.24, 2.45) is 0 Å². The van der Waals surface area contributed by atoms with Crippen molar-refractivity contribution in [1.29, 1.82) is 0 Å². The third-order valence-electron chi connectivity index (χ3n) is 6.03. The Kier molecular flexibility index (Phi) is 6.30. The van der Waals surface area contributed by atoms with Crippen LogP contribution in [0.15, 0.2) is 42.6 Å². The molecule has 4 aromatic rings. The van der Waals surface area contributed by atoms with Crippen LogP contribution in [0.4, 0.5) is 5.13 Å². The van der Waals surface area contributed by atoms with Gasteiger partial charge in [0.25, 0.3) is 5.91 Å². The van der Waals surface area contributed by atoms with E-state index in [1.165, 1.54) is 5.56 Å². The van der Waals surface area contributed by atoms with Crippen LogP contribution in [0, 0.1) is 13.8 Å². The lowest BCUT2D eigenvalue weighted by Gasteiger charge is -2.27. The second-order valence-electron chi connectivity index (χ2n) is 8.38. The smallest absolute Gasteiger partial charge is 0.280 e. The lowest BCUT2D eigenvalue weighted by Crippen LogP contribution is -2.39. The number of nitrogens with zero attached hydrogens (tertiary/aromatic N) is 5. The Morgan fingerprint density at radius 2 is 1.82 bits per heavy atom. The predicted octanol–water partition coefficient (Wildman–Crippen LogP) is 4.23. The first-order chi connectivity index (χ1) is 16.1. The minimum absolute atomic E-state index is 0.162. The Hall–Kier alpha value is -2.94. The summed E-state index contributed by atoms with van der Waals surface area (Å²) in [5.74, 6) is -0.162. The average Bonchev–Trinajstić information content (AvgIpc) is 3.31. The Labute approximate surface area is 197 Å². The number of ether oxygens (including phenoxy) is 1. The molecular formula is C25H27N5O2S. The normalized spacial score (nSPS) is 14.7. The third-order valence-corrected chi connectivity index (χ3v) is 7.25. The molecule has 0 unspecified atom stereocenters. The molecule has 1 amide bonds. The maximum atomic E-state index is 13.7. The van der Waals surface area contributed by atoms with Crippen molar-refractivity contribution in [2.75, 3.05) is 44.3 Å². The molecule has 0 aliphatic carbocycles. The molecule has 0 N–H and O–H groups in total. The van der Waals surface area contributed by atoms with Gasteiger partial charge in [-0.1, -0.05) is 35.6 Å². The SMILES string of the molecule is Cc1ccc(C)c2sc(N(CCCN3CCOCC3)C(=O)c3cnc4ccccc4n3)nc12. The minimum Gasteiger partial charge on any atom is -0.379 e. The van der Waals surface area contributed by atoms with Crippen LogP contribution in [0.2, 0.25) is 0 Å². The summed E-state index contributed by atoms with van der Waals surface area (Å²) in [6.07, 6.45) is 2.42. The number of rotatable bonds is 6. The Morgan fingerprint density at radius 3 is 2.61 bits per heavy atom. The maximum Gasteiger partial charge on any atom is 0.280 e. The van der Waals surface area contributed by atoms with E-state index in [0.717, 1.165) is 60.6 Å². The number of para-hydroxylation sites is 2. The Balaban J connectivity index is 1.46. The molecule has 0 atom stereocenters. The number of aryl methyl sites for hydroxylation is 2. The van der Waals surface area contributed by atoms with Crippen LogP contribution in [0.5, 0.6) is 0 Å². The van der Waals surface area contributed by atoms with Crippen molar-refractivity contribution in [3.05, 3.63) is 59.4 Å². The molecule has 7 nitrogen and oxygen atoms in total. The molecule has 0 bridgehead atoms. The van der Waals surface area contributed by atoms with E-state index in [2.05, 4.69) is 40.8 Å². The van der Waals surface area contributed by atoms with E-state index < -0.39 is 0 Å². The molecule has 0 saturated carbocycles. The first-order valence-corrected chi connectivity index (χ1v) is 12.1. The number of thiazole rings is 1. The molecule has 3 heterocycles. The molecule has 8 heteroatoms. The summed E-state index contributed by atoms with van der Waals surface area (Å²) in [6.45, 7) is 9.04. The van der Waals surface area contributed by atoms with E-state index in [1.807, 2.05) is 24.3 Å². The fraction of sp³-hybridized carbons (Fsp3) is 0.360. The van der Waals surface area contributed by atoms with E-state index in [9.17, 15) is 4.79 Å². The van der Waals surface area contributed by atoms with Gasteiger partial charge in [-0.25, -0.2) is 9.97 Å². The van der Waals surface area contributed by atoms with Crippen LogP contribution >= 0.6 is 11.3 Å². The summed E-state index contributed by atoms with van der Waals surface area (Å²) in [5, 5.41) is 0.712. The van der Waals surface area contributed by atoms with Gasteiger partial charge >= 0.3 is 0 Å². The van der Waals surface area contributed by atoms with Crippen LogP contribution in [-0.2, 0) is 4.74 Å². The van der Waals surface area contributed by atoms with Gasteiger partial charge < -0.3 is 4.74 Å². The quantitative estimate of drug-likeness (QED) is 0.428. The van der Waals surface area contributed by atoms with Crippen molar-refractivity contribution < 1.29 is 9.53 Å². The number of hydrogen-bond acceptors (Lipinski definition) is 7. The van der Waals surface area contributed by atoms with Crippen molar-refractivity contribution in [1.82, 2.24) is 19.9 Å². The summed E-state index contributed by atoms with van der Waals surface area (Å²) in [4.78, 5) is 31.8.